The van der Waals surface area contributed by atoms with Crippen LogP contribution in [0.25, 0.3) is 16.9 Å². The number of carbonyl (C=O) groups excluding carboxylic acids is 1. The molecular weight excluding hydrogens is 372 g/mol. The van der Waals surface area contributed by atoms with E-state index in [0.29, 0.717) is 16.4 Å². The number of nitrogens with one attached hydrogen (secondary N) is 1. The lowest BCUT2D eigenvalue weighted by atomic mass is 10.1. The molecule has 0 atom stereocenters. The Morgan fingerprint density at radius 2 is 2.04 bits per heavy atom. The number of nitrogens with zero attached hydrogens (tertiary/aromatic N) is 5. The molecule has 28 heavy (non-hydrogen) atoms. The summed E-state index contributed by atoms with van der Waals surface area (Å²) >= 11 is 1.40. The van der Waals surface area contributed by atoms with Gasteiger partial charge in [-0.05, 0) is 40.6 Å². The SMILES string of the molecule is CCCc1ccc(-c2csc(NC(=O)c3cccc(-n4cnnn4)c3)n2)cc1. The number of hydrogen-bond donors (Lipinski definition) is 1. The number of anilines is 1. The summed E-state index contributed by atoms with van der Waals surface area (Å²) in [7, 11) is 0. The maximum atomic E-state index is 12.6. The molecule has 0 spiro atoms. The molecule has 0 radical (unpaired) electrons. The van der Waals surface area contributed by atoms with E-state index in [4.69, 9.17) is 0 Å². The first-order chi connectivity index (χ1) is 13.7. The first-order valence-corrected chi connectivity index (χ1v) is 9.80. The van der Waals surface area contributed by atoms with Crippen molar-refractivity contribution in [1.82, 2.24) is 25.2 Å². The molecule has 2 aromatic carbocycles. The van der Waals surface area contributed by atoms with Crippen LogP contribution in [0, 0.1) is 0 Å². The fourth-order valence-electron chi connectivity index (χ4n) is 2.83. The van der Waals surface area contributed by atoms with Gasteiger partial charge in [0, 0.05) is 16.5 Å². The molecule has 4 aromatic rings. The van der Waals surface area contributed by atoms with Gasteiger partial charge in [-0.2, -0.15) is 0 Å². The lowest BCUT2D eigenvalue weighted by Crippen LogP contribution is -2.12. The van der Waals surface area contributed by atoms with Crippen molar-refractivity contribution >= 4 is 22.4 Å². The zero-order chi connectivity index (χ0) is 19.3. The Labute approximate surface area is 166 Å². The minimum atomic E-state index is -0.228. The molecule has 1 amide bonds. The van der Waals surface area contributed by atoms with Crippen molar-refractivity contribution < 1.29 is 4.79 Å². The van der Waals surface area contributed by atoms with Crippen molar-refractivity contribution in [2.24, 2.45) is 0 Å². The van der Waals surface area contributed by atoms with Gasteiger partial charge in [-0.15, -0.1) is 16.4 Å². The van der Waals surface area contributed by atoms with Gasteiger partial charge in [-0.25, -0.2) is 9.67 Å². The Bertz CT molecular complexity index is 1070. The van der Waals surface area contributed by atoms with Gasteiger partial charge >= 0.3 is 0 Å². The molecule has 2 aromatic heterocycles. The van der Waals surface area contributed by atoms with Gasteiger partial charge in [0.25, 0.3) is 5.91 Å². The number of aryl methyl sites for hydroxylation is 1. The molecular formula is C20H18N6OS. The van der Waals surface area contributed by atoms with Crippen LogP contribution in [0.5, 0.6) is 0 Å². The Morgan fingerprint density at radius 1 is 1.18 bits per heavy atom. The van der Waals surface area contributed by atoms with Crippen molar-refractivity contribution in [3.05, 3.63) is 71.4 Å². The minimum absolute atomic E-state index is 0.228. The molecule has 0 aliphatic heterocycles. The summed E-state index contributed by atoms with van der Waals surface area (Å²) in [5, 5.41) is 16.4. The predicted molar refractivity (Wildman–Crippen MR) is 109 cm³/mol. The lowest BCUT2D eigenvalue weighted by Gasteiger charge is -2.04. The van der Waals surface area contributed by atoms with Crippen LogP contribution in [-0.2, 0) is 6.42 Å². The van der Waals surface area contributed by atoms with Crippen LogP contribution in [0.1, 0.15) is 29.3 Å². The molecule has 2 heterocycles. The Balaban J connectivity index is 1.48. The molecule has 4 rings (SSSR count). The zero-order valence-corrected chi connectivity index (χ0v) is 16.1. The quantitative estimate of drug-likeness (QED) is 0.538. The molecule has 0 saturated carbocycles. The first-order valence-electron chi connectivity index (χ1n) is 8.92. The highest BCUT2D eigenvalue weighted by molar-refractivity contribution is 7.14. The molecule has 7 nitrogen and oxygen atoms in total. The van der Waals surface area contributed by atoms with Crippen molar-refractivity contribution in [3.8, 4) is 16.9 Å². The summed E-state index contributed by atoms with van der Waals surface area (Å²) in [5.41, 5.74) is 4.43. The third-order valence-corrected chi connectivity index (χ3v) is 4.99. The number of hydrogen-bond acceptors (Lipinski definition) is 6. The van der Waals surface area contributed by atoms with E-state index < -0.39 is 0 Å². The predicted octanol–water partition coefficient (Wildman–Crippen LogP) is 3.99. The molecule has 8 heteroatoms. The van der Waals surface area contributed by atoms with Gasteiger partial charge in [-0.1, -0.05) is 43.7 Å². The van der Waals surface area contributed by atoms with E-state index in [1.165, 1.54) is 27.9 Å². The molecule has 0 saturated heterocycles. The third-order valence-electron chi connectivity index (χ3n) is 4.23. The molecule has 0 fully saturated rings. The fourth-order valence-corrected chi connectivity index (χ4v) is 3.55. The smallest absolute Gasteiger partial charge is 0.257 e. The lowest BCUT2D eigenvalue weighted by molar-refractivity contribution is 0.102. The second kappa shape index (κ2) is 8.10. The highest BCUT2D eigenvalue weighted by atomic mass is 32.1. The summed E-state index contributed by atoms with van der Waals surface area (Å²) in [6, 6.07) is 15.5. The Morgan fingerprint density at radius 3 is 2.79 bits per heavy atom. The van der Waals surface area contributed by atoms with Crippen LogP contribution in [0.15, 0.2) is 60.2 Å². The Hall–Kier alpha value is -3.39. The van der Waals surface area contributed by atoms with Gasteiger partial charge in [0.05, 0.1) is 11.4 Å². The van der Waals surface area contributed by atoms with Gasteiger partial charge in [-0.3, -0.25) is 10.1 Å². The first kappa shape index (κ1) is 18.0. The number of carbonyl (C=O) groups is 1. The van der Waals surface area contributed by atoms with E-state index in [0.717, 1.165) is 24.1 Å². The van der Waals surface area contributed by atoms with E-state index in [1.54, 1.807) is 18.2 Å². The topological polar surface area (TPSA) is 85.6 Å². The van der Waals surface area contributed by atoms with E-state index in [2.05, 4.69) is 57.0 Å². The standard InChI is InChI=1S/C20H18N6OS/c1-2-4-14-7-9-15(10-8-14)18-12-28-20(22-18)23-19(27)16-5-3-6-17(11-16)26-13-21-24-25-26/h3,5-13H,2,4H2,1H3,(H,22,23,27). The van der Waals surface area contributed by atoms with Crippen LogP contribution in [0.3, 0.4) is 0 Å². The number of amides is 1. The van der Waals surface area contributed by atoms with Crippen LogP contribution in [0.2, 0.25) is 0 Å². The Kier molecular flexibility index (Phi) is 5.20. The number of tetrazole rings is 1. The van der Waals surface area contributed by atoms with E-state index in [9.17, 15) is 4.79 Å². The van der Waals surface area contributed by atoms with Gasteiger partial charge in [0.15, 0.2) is 5.13 Å². The minimum Gasteiger partial charge on any atom is -0.298 e. The second-order valence-corrected chi connectivity index (χ2v) is 7.10. The van der Waals surface area contributed by atoms with Crippen molar-refractivity contribution in [1.29, 1.82) is 0 Å². The average Bonchev–Trinajstić information content (AvgIpc) is 3.41. The van der Waals surface area contributed by atoms with Gasteiger partial charge < -0.3 is 0 Å². The molecule has 0 aliphatic carbocycles. The number of thiazole rings is 1. The zero-order valence-electron chi connectivity index (χ0n) is 15.2. The van der Waals surface area contributed by atoms with Crippen LogP contribution in [0.4, 0.5) is 5.13 Å². The monoisotopic (exact) mass is 390 g/mol. The van der Waals surface area contributed by atoms with E-state index in [1.807, 2.05) is 11.4 Å². The summed E-state index contributed by atoms with van der Waals surface area (Å²) in [4.78, 5) is 17.1. The molecule has 140 valence electrons. The summed E-state index contributed by atoms with van der Waals surface area (Å²) in [6.07, 6.45) is 3.68. The van der Waals surface area contributed by atoms with Crippen LogP contribution in [-0.4, -0.2) is 31.1 Å². The summed E-state index contributed by atoms with van der Waals surface area (Å²) in [5.74, 6) is -0.228. The fraction of sp³-hybridized carbons (Fsp3) is 0.150. The highest BCUT2D eigenvalue weighted by Gasteiger charge is 2.11. The molecule has 0 aliphatic rings. The van der Waals surface area contributed by atoms with Crippen molar-refractivity contribution in [2.45, 2.75) is 19.8 Å². The number of rotatable bonds is 6. The number of aromatic nitrogens is 5. The maximum Gasteiger partial charge on any atom is 0.257 e. The third kappa shape index (κ3) is 3.96. The second-order valence-electron chi connectivity index (χ2n) is 6.24. The maximum absolute atomic E-state index is 12.6. The van der Waals surface area contributed by atoms with E-state index >= 15 is 0 Å². The largest absolute Gasteiger partial charge is 0.298 e. The van der Waals surface area contributed by atoms with Crippen LogP contribution >= 0.6 is 11.3 Å². The van der Waals surface area contributed by atoms with Gasteiger partial charge in [0.1, 0.15) is 6.33 Å². The van der Waals surface area contributed by atoms with Crippen molar-refractivity contribution in [3.63, 3.8) is 0 Å². The van der Waals surface area contributed by atoms with Crippen molar-refractivity contribution in [2.75, 3.05) is 5.32 Å². The number of benzene rings is 2. The van der Waals surface area contributed by atoms with E-state index in [-0.39, 0.29) is 5.91 Å². The van der Waals surface area contributed by atoms with Crippen LogP contribution < -0.4 is 5.32 Å². The highest BCUT2D eigenvalue weighted by Crippen LogP contribution is 2.26. The summed E-state index contributed by atoms with van der Waals surface area (Å²) < 4.78 is 1.50. The van der Waals surface area contributed by atoms with Gasteiger partial charge in [0.2, 0.25) is 0 Å². The normalized spacial score (nSPS) is 10.8. The molecule has 0 unspecified atom stereocenters. The molecule has 1 N–H and O–H groups in total. The molecule has 0 bridgehead atoms. The summed E-state index contributed by atoms with van der Waals surface area (Å²) in [6.45, 7) is 2.17. The average molecular weight is 390 g/mol.